The number of hydrogen-bond donors (Lipinski definition) is 2. The molecule has 28 heavy (non-hydrogen) atoms. The number of anilines is 2. The SMILES string of the molecule is CCCC(=O)Nc1ccc(Cl)c(NC(=O)c2cc([N+](=O)[O-])cc([N+](=O)[O-])c2)c1. The lowest BCUT2D eigenvalue weighted by atomic mass is 10.1. The Bertz CT molecular complexity index is 930. The maximum Gasteiger partial charge on any atom is 0.277 e. The van der Waals surface area contributed by atoms with Crippen LogP contribution < -0.4 is 10.6 Å². The minimum Gasteiger partial charge on any atom is -0.326 e. The monoisotopic (exact) mass is 406 g/mol. The van der Waals surface area contributed by atoms with Crippen LogP contribution in [0.3, 0.4) is 0 Å². The van der Waals surface area contributed by atoms with Gasteiger partial charge in [0.25, 0.3) is 17.3 Å². The molecular weight excluding hydrogens is 392 g/mol. The Morgan fingerprint density at radius 1 is 1.00 bits per heavy atom. The maximum atomic E-state index is 12.4. The average molecular weight is 407 g/mol. The van der Waals surface area contributed by atoms with Crippen LogP contribution in [0.15, 0.2) is 36.4 Å². The molecule has 0 saturated carbocycles. The summed E-state index contributed by atoms with van der Waals surface area (Å²) >= 11 is 6.05. The smallest absolute Gasteiger partial charge is 0.277 e. The van der Waals surface area contributed by atoms with Gasteiger partial charge in [-0.05, 0) is 24.6 Å². The second kappa shape index (κ2) is 8.91. The van der Waals surface area contributed by atoms with Gasteiger partial charge in [-0.15, -0.1) is 0 Å². The third-order valence-corrected chi connectivity index (χ3v) is 3.89. The van der Waals surface area contributed by atoms with Crippen molar-refractivity contribution < 1.29 is 19.4 Å². The van der Waals surface area contributed by atoms with Crippen LogP contribution in [0.4, 0.5) is 22.7 Å². The minimum absolute atomic E-state index is 0.134. The summed E-state index contributed by atoms with van der Waals surface area (Å²) in [5, 5.41) is 27.1. The summed E-state index contributed by atoms with van der Waals surface area (Å²) in [5.74, 6) is -1.04. The van der Waals surface area contributed by atoms with Crippen molar-refractivity contribution >= 4 is 46.2 Å². The molecule has 0 bridgehead atoms. The number of carbonyl (C=O) groups excluding carboxylic acids is 2. The minimum atomic E-state index is -0.833. The highest BCUT2D eigenvalue weighted by molar-refractivity contribution is 6.34. The molecule has 2 amide bonds. The fraction of sp³-hybridized carbons (Fsp3) is 0.176. The van der Waals surface area contributed by atoms with Crippen LogP contribution in [0, 0.1) is 20.2 Å². The van der Waals surface area contributed by atoms with Crippen molar-refractivity contribution in [1.82, 2.24) is 0 Å². The molecule has 2 N–H and O–H groups in total. The highest BCUT2D eigenvalue weighted by Crippen LogP contribution is 2.28. The standard InChI is InChI=1S/C17H15ClN4O6/c1-2-3-16(23)19-11-4-5-14(18)15(8-11)20-17(24)10-6-12(21(25)26)9-13(7-10)22(27)28/h4-9H,2-3H2,1H3,(H,19,23)(H,20,24). The van der Waals surface area contributed by atoms with Crippen molar-refractivity contribution in [3.63, 3.8) is 0 Å². The van der Waals surface area contributed by atoms with Crippen LogP contribution in [-0.2, 0) is 4.79 Å². The Balaban J connectivity index is 2.30. The zero-order valence-electron chi connectivity index (χ0n) is 14.6. The first-order valence-corrected chi connectivity index (χ1v) is 8.43. The van der Waals surface area contributed by atoms with Crippen LogP contribution in [0.5, 0.6) is 0 Å². The predicted octanol–water partition coefficient (Wildman–Crippen LogP) is 4.15. The van der Waals surface area contributed by atoms with E-state index in [2.05, 4.69) is 10.6 Å². The van der Waals surface area contributed by atoms with Crippen LogP contribution in [0.2, 0.25) is 5.02 Å². The quantitative estimate of drug-likeness (QED) is 0.521. The Hall–Kier alpha value is -3.53. The maximum absolute atomic E-state index is 12.4. The lowest BCUT2D eigenvalue weighted by Crippen LogP contribution is -2.14. The molecule has 2 aromatic carbocycles. The largest absolute Gasteiger partial charge is 0.326 e. The number of carbonyl (C=O) groups is 2. The number of non-ortho nitro benzene ring substituents is 2. The van der Waals surface area contributed by atoms with E-state index in [4.69, 9.17) is 11.6 Å². The van der Waals surface area contributed by atoms with Gasteiger partial charge in [-0.25, -0.2) is 0 Å². The topological polar surface area (TPSA) is 144 Å². The summed E-state index contributed by atoms with van der Waals surface area (Å²) in [7, 11) is 0. The number of amides is 2. The summed E-state index contributed by atoms with van der Waals surface area (Å²) in [5.41, 5.74) is -0.937. The van der Waals surface area contributed by atoms with E-state index in [9.17, 15) is 29.8 Å². The summed E-state index contributed by atoms with van der Waals surface area (Å²) in [6, 6.07) is 7.01. The summed E-state index contributed by atoms with van der Waals surface area (Å²) < 4.78 is 0. The zero-order chi connectivity index (χ0) is 20.8. The second-order valence-electron chi connectivity index (χ2n) is 5.70. The zero-order valence-corrected chi connectivity index (χ0v) is 15.4. The molecule has 0 aliphatic rings. The van der Waals surface area contributed by atoms with E-state index >= 15 is 0 Å². The molecule has 0 heterocycles. The van der Waals surface area contributed by atoms with Gasteiger partial charge in [0, 0.05) is 24.2 Å². The van der Waals surface area contributed by atoms with Gasteiger partial charge >= 0.3 is 0 Å². The highest BCUT2D eigenvalue weighted by atomic mass is 35.5. The number of rotatable bonds is 7. The van der Waals surface area contributed by atoms with Crippen molar-refractivity contribution in [2.75, 3.05) is 10.6 Å². The van der Waals surface area contributed by atoms with Gasteiger partial charge in [-0.3, -0.25) is 29.8 Å². The number of benzene rings is 2. The first kappa shape index (κ1) is 20.8. The van der Waals surface area contributed by atoms with Gasteiger partial charge in [-0.1, -0.05) is 18.5 Å². The Kier molecular flexibility index (Phi) is 6.61. The molecule has 2 aromatic rings. The summed E-state index contributed by atoms with van der Waals surface area (Å²) in [6.07, 6.45) is 0.982. The van der Waals surface area contributed by atoms with E-state index in [0.717, 1.165) is 18.2 Å². The number of hydrogen-bond acceptors (Lipinski definition) is 6. The molecule has 0 fully saturated rings. The van der Waals surface area contributed by atoms with E-state index in [1.165, 1.54) is 12.1 Å². The third-order valence-electron chi connectivity index (χ3n) is 3.56. The van der Waals surface area contributed by atoms with E-state index in [1.807, 2.05) is 6.92 Å². The van der Waals surface area contributed by atoms with E-state index < -0.39 is 27.1 Å². The van der Waals surface area contributed by atoms with Crippen molar-refractivity contribution in [3.05, 3.63) is 67.2 Å². The lowest BCUT2D eigenvalue weighted by molar-refractivity contribution is -0.394. The molecule has 0 aliphatic heterocycles. The first-order chi connectivity index (χ1) is 13.2. The molecule has 0 spiro atoms. The molecule has 11 heteroatoms. The summed E-state index contributed by atoms with van der Waals surface area (Å²) in [6.45, 7) is 1.85. The van der Waals surface area contributed by atoms with Crippen molar-refractivity contribution in [2.45, 2.75) is 19.8 Å². The van der Waals surface area contributed by atoms with Gasteiger partial charge in [0.05, 0.1) is 32.2 Å². The van der Waals surface area contributed by atoms with Gasteiger partial charge in [0.2, 0.25) is 5.91 Å². The molecule has 146 valence electrons. The van der Waals surface area contributed by atoms with Gasteiger partial charge in [0.1, 0.15) is 0 Å². The fourth-order valence-electron chi connectivity index (χ4n) is 2.28. The molecule has 0 aliphatic carbocycles. The van der Waals surface area contributed by atoms with Crippen LogP contribution >= 0.6 is 11.6 Å². The number of nitrogens with zero attached hydrogens (tertiary/aromatic N) is 2. The van der Waals surface area contributed by atoms with E-state index in [0.29, 0.717) is 18.5 Å². The average Bonchev–Trinajstić information content (AvgIpc) is 2.64. The van der Waals surface area contributed by atoms with Crippen molar-refractivity contribution in [2.24, 2.45) is 0 Å². The highest BCUT2D eigenvalue weighted by Gasteiger charge is 2.20. The molecule has 10 nitrogen and oxygen atoms in total. The lowest BCUT2D eigenvalue weighted by Gasteiger charge is -2.10. The molecule has 0 unspecified atom stereocenters. The summed E-state index contributed by atoms with van der Waals surface area (Å²) in [4.78, 5) is 44.4. The number of nitro groups is 2. The Labute approximate surface area is 163 Å². The van der Waals surface area contributed by atoms with Gasteiger partial charge < -0.3 is 10.6 Å². The normalized spacial score (nSPS) is 10.2. The Morgan fingerprint density at radius 3 is 2.14 bits per heavy atom. The van der Waals surface area contributed by atoms with E-state index in [-0.39, 0.29) is 22.2 Å². The molecule has 0 radical (unpaired) electrons. The van der Waals surface area contributed by atoms with Crippen LogP contribution in [0.25, 0.3) is 0 Å². The molecule has 0 saturated heterocycles. The first-order valence-electron chi connectivity index (χ1n) is 8.06. The van der Waals surface area contributed by atoms with E-state index in [1.54, 1.807) is 6.07 Å². The van der Waals surface area contributed by atoms with Crippen LogP contribution in [-0.4, -0.2) is 21.7 Å². The number of halogens is 1. The van der Waals surface area contributed by atoms with Gasteiger partial charge in [-0.2, -0.15) is 0 Å². The number of nitrogens with one attached hydrogen (secondary N) is 2. The number of nitro benzene ring substituents is 2. The molecule has 2 rings (SSSR count). The predicted molar refractivity (Wildman–Crippen MR) is 103 cm³/mol. The fourth-order valence-corrected chi connectivity index (χ4v) is 2.45. The molecular formula is C17H15ClN4O6. The van der Waals surface area contributed by atoms with Crippen molar-refractivity contribution in [3.8, 4) is 0 Å². The van der Waals surface area contributed by atoms with Crippen molar-refractivity contribution in [1.29, 1.82) is 0 Å². The van der Waals surface area contributed by atoms with Crippen LogP contribution in [0.1, 0.15) is 30.1 Å². The second-order valence-corrected chi connectivity index (χ2v) is 6.11. The molecule has 0 atom stereocenters. The third kappa shape index (κ3) is 5.24. The Morgan fingerprint density at radius 2 is 1.61 bits per heavy atom. The van der Waals surface area contributed by atoms with Gasteiger partial charge in [0.15, 0.2) is 0 Å². The molecule has 0 aromatic heterocycles.